The lowest BCUT2D eigenvalue weighted by Gasteiger charge is -2.09. The van der Waals surface area contributed by atoms with Crippen molar-refractivity contribution in [3.8, 4) is 17.4 Å². The van der Waals surface area contributed by atoms with Gasteiger partial charge in [-0.05, 0) is 25.1 Å². The molecule has 5 rings (SSSR count). The molecule has 0 radical (unpaired) electrons. The molecular weight excluding hydrogens is 372 g/mol. The number of carbonyl (C=O) groups excluding carboxylic acids is 1. The third-order valence-corrected chi connectivity index (χ3v) is 4.43. The van der Waals surface area contributed by atoms with Crippen LogP contribution < -0.4 is 4.74 Å². The molecule has 0 aliphatic heterocycles. The summed E-state index contributed by atoms with van der Waals surface area (Å²) in [7, 11) is 0. The molecule has 9 nitrogen and oxygen atoms in total. The summed E-state index contributed by atoms with van der Waals surface area (Å²) in [4.78, 5) is 15.0. The molecule has 0 fully saturated rings. The van der Waals surface area contributed by atoms with Gasteiger partial charge in [-0.25, -0.2) is 0 Å². The minimum atomic E-state index is 0.197. The SMILES string of the molecule is Cc1cc(-c2nnc3c4ccccc4c(OCc4ccc(C=O)cn4)nn23)no1. The van der Waals surface area contributed by atoms with Crippen LogP contribution in [0.2, 0.25) is 0 Å². The Labute approximate surface area is 163 Å². The van der Waals surface area contributed by atoms with Gasteiger partial charge in [0, 0.05) is 28.6 Å². The van der Waals surface area contributed by atoms with Crippen molar-refractivity contribution in [2.45, 2.75) is 13.5 Å². The molecule has 0 saturated heterocycles. The van der Waals surface area contributed by atoms with E-state index in [0.29, 0.717) is 40.1 Å². The van der Waals surface area contributed by atoms with Crippen molar-refractivity contribution in [1.82, 2.24) is 30.0 Å². The number of aldehydes is 1. The summed E-state index contributed by atoms with van der Waals surface area (Å²) >= 11 is 0. The predicted octanol–water partition coefficient (Wildman–Crippen LogP) is 3.03. The zero-order valence-corrected chi connectivity index (χ0v) is 15.3. The fourth-order valence-corrected chi connectivity index (χ4v) is 3.02. The minimum Gasteiger partial charge on any atom is -0.470 e. The van der Waals surface area contributed by atoms with Crippen molar-refractivity contribution in [2.75, 3.05) is 0 Å². The van der Waals surface area contributed by atoms with Crippen molar-refractivity contribution < 1.29 is 14.1 Å². The fourth-order valence-electron chi connectivity index (χ4n) is 3.02. The second-order valence-corrected chi connectivity index (χ2v) is 6.42. The number of nitrogens with zero attached hydrogens (tertiary/aromatic N) is 6. The summed E-state index contributed by atoms with van der Waals surface area (Å²) in [5.74, 6) is 1.54. The summed E-state index contributed by atoms with van der Waals surface area (Å²) in [6.45, 7) is 2.00. The van der Waals surface area contributed by atoms with Crippen LogP contribution in [0.3, 0.4) is 0 Å². The van der Waals surface area contributed by atoms with E-state index >= 15 is 0 Å². The molecule has 142 valence electrons. The monoisotopic (exact) mass is 386 g/mol. The largest absolute Gasteiger partial charge is 0.470 e. The average Bonchev–Trinajstić information content (AvgIpc) is 3.38. The van der Waals surface area contributed by atoms with Crippen LogP contribution in [0.4, 0.5) is 0 Å². The number of ether oxygens (including phenoxy) is 1. The first kappa shape index (κ1) is 17.0. The second-order valence-electron chi connectivity index (χ2n) is 6.42. The van der Waals surface area contributed by atoms with E-state index in [1.165, 1.54) is 6.20 Å². The smallest absolute Gasteiger partial charge is 0.240 e. The van der Waals surface area contributed by atoms with Crippen LogP contribution in [0.1, 0.15) is 21.8 Å². The molecule has 0 saturated carbocycles. The molecule has 0 aliphatic rings. The van der Waals surface area contributed by atoms with Gasteiger partial charge in [0.25, 0.3) is 0 Å². The second kappa shape index (κ2) is 6.79. The van der Waals surface area contributed by atoms with E-state index in [0.717, 1.165) is 17.1 Å². The number of benzene rings is 1. The topological polar surface area (TPSA) is 108 Å². The molecule has 4 heterocycles. The molecule has 0 atom stereocenters. The molecule has 0 aliphatic carbocycles. The van der Waals surface area contributed by atoms with Crippen LogP contribution in [-0.4, -0.2) is 36.2 Å². The lowest BCUT2D eigenvalue weighted by Crippen LogP contribution is -2.04. The minimum absolute atomic E-state index is 0.197. The lowest BCUT2D eigenvalue weighted by molar-refractivity contribution is 0.112. The summed E-state index contributed by atoms with van der Waals surface area (Å²) in [6.07, 6.45) is 2.26. The van der Waals surface area contributed by atoms with Crippen LogP contribution in [-0.2, 0) is 6.61 Å². The third kappa shape index (κ3) is 2.98. The quantitative estimate of drug-likeness (QED) is 0.424. The maximum atomic E-state index is 10.8. The van der Waals surface area contributed by atoms with Crippen LogP contribution in [0, 0.1) is 6.92 Å². The molecular formula is C20H14N6O3. The number of pyridine rings is 1. The lowest BCUT2D eigenvalue weighted by atomic mass is 10.2. The predicted molar refractivity (Wildman–Crippen MR) is 102 cm³/mol. The molecule has 4 aromatic heterocycles. The number of aryl methyl sites for hydroxylation is 1. The summed E-state index contributed by atoms with van der Waals surface area (Å²) < 4.78 is 12.7. The third-order valence-electron chi connectivity index (χ3n) is 4.43. The zero-order chi connectivity index (χ0) is 19.8. The van der Waals surface area contributed by atoms with Crippen LogP contribution in [0.5, 0.6) is 5.88 Å². The van der Waals surface area contributed by atoms with E-state index in [9.17, 15) is 4.79 Å². The maximum absolute atomic E-state index is 10.8. The Morgan fingerprint density at radius 2 is 2.00 bits per heavy atom. The zero-order valence-electron chi connectivity index (χ0n) is 15.3. The average molecular weight is 386 g/mol. The summed E-state index contributed by atoms with van der Waals surface area (Å²) in [5, 5.41) is 18.8. The molecule has 0 N–H and O–H groups in total. The highest BCUT2D eigenvalue weighted by molar-refractivity contribution is 5.96. The molecule has 0 spiro atoms. The Morgan fingerprint density at radius 1 is 1.14 bits per heavy atom. The van der Waals surface area contributed by atoms with E-state index < -0.39 is 0 Å². The maximum Gasteiger partial charge on any atom is 0.240 e. The first-order valence-corrected chi connectivity index (χ1v) is 8.83. The standard InChI is InChI=1S/C20H14N6O3/c1-12-8-17(25-29-12)19-23-22-18-15-4-2-3-5-16(15)20(24-26(18)19)28-11-14-7-6-13(10-27)9-21-14/h2-10H,11H2,1H3. The van der Waals surface area contributed by atoms with E-state index in [2.05, 4.69) is 25.4 Å². The number of carbonyl (C=O) groups is 1. The Morgan fingerprint density at radius 3 is 2.72 bits per heavy atom. The summed E-state index contributed by atoms with van der Waals surface area (Å²) in [5.41, 5.74) is 2.32. The first-order valence-electron chi connectivity index (χ1n) is 8.83. The van der Waals surface area contributed by atoms with Gasteiger partial charge >= 0.3 is 0 Å². The van der Waals surface area contributed by atoms with Crippen molar-refractivity contribution in [2.24, 2.45) is 0 Å². The van der Waals surface area contributed by atoms with Gasteiger partial charge in [0.05, 0.1) is 5.69 Å². The molecule has 29 heavy (non-hydrogen) atoms. The fraction of sp³-hybridized carbons (Fsp3) is 0.100. The Balaban J connectivity index is 1.59. The number of hydrogen-bond acceptors (Lipinski definition) is 8. The van der Waals surface area contributed by atoms with E-state index in [-0.39, 0.29) is 6.61 Å². The molecule has 0 amide bonds. The van der Waals surface area contributed by atoms with Gasteiger partial charge in [-0.2, -0.15) is 4.52 Å². The number of fused-ring (bicyclic) bond motifs is 3. The molecule has 9 heteroatoms. The van der Waals surface area contributed by atoms with Gasteiger partial charge < -0.3 is 9.26 Å². The highest BCUT2D eigenvalue weighted by Crippen LogP contribution is 2.29. The van der Waals surface area contributed by atoms with Crippen molar-refractivity contribution in [1.29, 1.82) is 0 Å². The van der Waals surface area contributed by atoms with Crippen molar-refractivity contribution in [3.63, 3.8) is 0 Å². The molecule has 0 unspecified atom stereocenters. The van der Waals surface area contributed by atoms with Gasteiger partial charge in [0.2, 0.25) is 11.7 Å². The van der Waals surface area contributed by atoms with Crippen LogP contribution >= 0.6 is 0 Å². The van der Waals surface area contributed by atoms with Gasteiger partial charge in [0.1, 0.15) is 12.4 Å². The van der Waals surface area contributed by atoms with Gasteiger partial charge in [-0.15, -0.1) is 15.3 Å². The van der Waals surface area contributed by atoms with E-state index in [1.54, 1.807) is 29.6 Å². The van der Waals surface area contributed by atoms with E-state index in [4.69, 9.17) is 9.26 Å². The molecule has 0 bridgehead atoms. The first-order chi connectivity index (χ1) is 14.2. The van der Waals surface area contributed by atoms with Crippen molar-refractivity contribution in [3.05, 3.63) is 65.7 Å². The normalized spacial score (nSPS) is 11.2. The Hall–Kier alpha value is -4.14. The van der Waals surface area contributed by atoms with Gasteiger partial charge in [-0.3, -0.25) is 9.78 Å². The van der Waals surface area contributed by atoms with Gasteiger partial charge in [0.15, 0.2) is 17.6 Å². The van der Waals surface area contributed by atoms with Crippen molar-refractivity contribution >= 4 is 22.7 Å². The Kier molecular flexibility index (Phi) is 3.98. The summed E-state index contributed by atoms with van der Waals surface area (Å²) in [6, 6.07) is 12.9. The van der Waals surface area contributed by atoms with Crippen LogP contribution in [0.25, 0.3) is 27.9 Å². The highest BCUT2D eigenvalue weighted by Gasteiger charge is 2.18. The van der Waals surface area contributed by atoms with E-state index in [1.807, 2.05) is 24.3 Å². The van der Waals surface area contributed by atoms with Gasteiger partial charge in [-0.1, -0.05) is 23.4 Å². The Bertz CT molecular complexity index is 1340. The highest BCUT2D eigenvalue weighted by atomic mass is 16.5. The molecule has 5 aromatic rings. The number of hydrogen-bond donors (Lipinski definition) is 0. The number of aromatic nitrogens is 6. The number of rotatable bonds is 5. The molecule has 1 aromatic carbocycles. The van der Waals surface area contributed by atoms with Crippen LogP contribution in [0.15, 0.2) is 53.2 Å².